The molecule has 1 aromatic rings. The van der Waals surface area contributed by atoms with Crippen LogP contribution in [0.4, 0.5) is 0 Å². The Bertz CT molecular complexity index is 507. The highest BCUT2D eigenvalue weighted by Crippen LogP contribution is 2.31. The first-order valence-corrected chi connectivity index (χ1v) is 9.38. The normalized spacial score (nSPS) is 23.2. The zero-order valence-corrected chi connectivity index (χ0v) is 15.0. The van der Waals surface area contributed by atoms with Crippen molar-refractivity contribution in [2.75, 3.05) is 32.8 Å². The Morgan fingerprint density at radius 2 is 2.12 bits per heavy atom. The topological polar surface area (TPSA) is 50.0 Å². The molecule has 0 amide bonds. The van der Waals surface area contributed by atoms with E-state index in [1.54, 1.807) is 6.26 Å². The second-order valence-corrected chi connectivity index (χ2v) is 7.28. The predicted octanol–water partition coefficient (Wildman–Crippen LogP) is 2.92. The van der Waals surface area contributed by atoms with Gasteiger partial charge in [-0.25, -0.2) is 0 Å². The van der Waals surface area contributed by atoms with E-state index in [4.69, 9.17) is 14.1 Å². The lowest BCUT2D eigenvalue weighted by Crippen LogP contribution is -2.43. The van der Waals surface area contributed by atoms with Gasteiger partial charge in [0, 0.05) is 45.3 Å². The van der Waals surface area contributed by atoms with Gasteiger partial charge in [0.05, 0.1) is 6.26 Å². The number of likely N-dealkylation sites (tertiary alicyclic amines) is 1. The molecule has 0 aliphatic carbocycles. The van der Waals surface area contributed by atoms with Crippen LogP contribution in [0, 0.1) is 11.8 Å². The number of nitrogens with zero attached hydrogens (tertiary/aromatic N) is 2. The molecule has 2 fully saturated rings. The van der Waals surface area contributed by atoms with E-state index in [0.29, 0.717) is 6.04 Å². The van der Waals surface area contributed by atoms with E-state index in [9.17, 15) is 0 Å². The molecule has 0 spiro atoms. The number of nitrogens with one attached hydrogen (secondary N) is 1. The van der Waals surface area contributed by atoms with Crippen LogP contribution in [-0.2, 0) is 11.2 Å². The fraction of sp³-hybridized carbons (Fsp3) is 0.737. The van der Waals surface area contributed by atoms with Crippen LogP contribution < -0.4 is 5.32 Å². The maximum atomic E-state index is 5.52. The van der Waals surface area contributed by atoms with E-state index in [-0.39, 0.29) is 0 Å². The van der Waals surface area contributed by atoms with Gasteiger partial charge >= 0.3 is 0 Å². The maximum Gasteiger partial charge on any atom is 0.194 e. The van der Waals surface area contributed by atoms with Crippen molar-refractivity contribution >= 4 is 5.96 Å². The van der Waals surface area contributed by atoms with Crippen LogP contribution in [0.5, 0.6) is 0 Å². The first-order valence-electron chi connectivity index (χ1n) is 9.38. The van der Waals surface area contributed by atoms with E-state index in [1.807, 2.05) is 12.1 Å². The summed E-state index contributed by atoms with van der Waals surface area (Å²) in [5, 5.41) is 3.55. The highest BCUT2D eigenvalue weighted by Gasteiger charge is 2.32. The second kappa shape index (κ2) is 8.56. The van der Waals surface area contributed by atoms with E-state index >= 15 is 0 Å². The van der Waals surface area contributed by atoms with Crippen molar-refractivity contribution < 1.29 is 9.15 Å². The molecular formula is C19H31N3O2. The summed E-state index contributed by atoms with van der Waals surface area (Å²) in [7, 11) is 0. The number of guanidine groups is 1. The molecule has 0 bridgehead atoms. The molecule has 0 aromatic carbocycles. The van der Waals surface area contributed by atoms with Crippen LogP contribution in [0.25, 0.3) is 0 Å². The minimum Gasteiger partial charge on any atom is -0.469 e. The summed E-state index contributed by atoms with van der Waals surface area (Å²) < 4.78 is 10.9. The summed E-state index contributed by atoms with van der Waals surface area (Å²) in [6.07, 6.45) is 6.31. The number of hydrogen-bond acceptors (Lipinski definition) is 3. The lowest BCUT2D eigenvalue weighted by molar-refractivity contribution is 0.0488. The predicted molar refractivity (Wildman–Crippen MR) is 96.2 cm³/mol. The van der Waals surface area contributed by atoms with E-state index in [0.717, 1.165) is 62.8 Å². The summed E-state index contributed by atoms with van der Waals surface area (Å²) in [5.41, 5.74) is 0. The lowest BCUT2D eigenvalue weighted by atomic mass is 9.85. The molecule has 5 nitrogen and oxygen atoms in total. The number of rotatable bonds is 5. The molecule has 24 heavy (non-hydrogen) atoms. The Morgan fingerprint density at radius 1 is 1.29 bits per heavy atom. The molecule has 134 valence electrons. The summed E-state index contributed by atoms with van der Waals surface area (Å²) >= 11 is 0. The van der Waals surface area contributed by atoms with Gasteiger partial charge in [0.25, 0.3) is 0 Å². The Hall–Kier alpha value is -1.49. The molecule has 1 atom stereocenters. The zero-order chi connectivity index (χ0) is 16.8. The maximum absolute atomic E-state index is 5.52. The Kier molecular flexibility index (Phi) is 6.18. The lowest BCUT2D eigenvalue weighted by Gasteiger charge is -2.28. The van der Waals surface area contributed by atoms with Crippen molar-refractivity contribution in [1.82, 2.24) is 10.2 Å². The molecule has 1 aromatic heterocycles. The standard InChI is InChI=1S/C19H31N3O2/c1-15(2)21-19(20-9-5-18-4-3-11-24-18)22-10-6-17(14-22)16-7-12-23-13-8-16/h3-4,11,15-17H,5-10,12-14H2,1-2H3,(H,20,21). The minimum atomic E-state index is 0.398. The van der Waals surface area contributed by atoms with Crippen molar-refractivity contribution in [2.45, 2.75) is 45.6 Å². The fourth-order valence-electron chi connectivity index (χ4n) is 3.77. The van der Waals surface area contributed by atoms with Gasteiger partial charge in [0.1, 0.15) is 5.76 Å². The third-order valence-electron chi connectivity index (χ3n) is 5.07. The number of hydrogen-bond donors (Lipinski definition) is 1. The van der Waals surface area contributed by atoms with Crippen LogP contribution in [0.3, 0.4) is 0 Å². The number of furan rings is 1. The molecule has 3 rings (SSSR count). The van der Waals surface area contributed by atoms with Crippen molar-refractivity contribution in [2.24, 2.45) is 16.8 Å². The smallest absolute Gasteiger partial charge is 0.194 e. The Morgan fingerprint density at radius 3 is 2.83 bits per heavy atom. The van der Waals surface area contributed by atoms with E-state index in [1.165, 1.54) is 19.3 Å². The Labute approximate surface area is 145 Å². The molecule has 2 aliphatic heterocycles. The van der Waals surface area contributed by atoms with Crippen molar-refractivity contribution in [3.8, 4) is 0 Å². The first kappa shape index (κ1) is 17.3. The highest BCUT2D eigenvalue weighted by molar-refractivity contribution is 5.80. The van der Waals surface area contributed by atoms with Crippen LogP contribution in [0.1, 0.15) is 38.9 Å². The van der Waals surface area contributed by atoms with Gasteiger partial charge in [0.15, 0.2) is 5.96 Å². The molecule has 2 saturated heterocycles. The largest absolute Gasteiger partial charge is 0.469 e. The summed E-state index contributed by atoms with van der Waals surface area (Å²) in [4.78, 5) is 7.29. The monoisotopic (exact) mass is 333 g/mol. The molecule has 0 saturated carbocycles. The van der Waals surface area contributed by atoms with Gasteiger partial charge in [-0.15, -0.1) is 0 Å². The highest BCUT2D eigenvalue weighted by atomic mass is 16.5. The molecule has 0 radical (unpaired) electrons. The van der Waals surface area contributed by atoms with Crippen LogP contribution >= 0.6 is 0 Å². The molecule has 1 unspecified atom stereocenters. The third-order valence-corrected chi connectivity index (χ3v) is 5.07. The SMILES string of the molecule is CC(C)NC(=NCCc1ccco1)N1CCC(C2CCOCC2)C1. The van der Waals surface area contributed by atoms with Gasteiger partial charge in [-0.05, 0) is 57.1 Å². The summed E-state index contributed by atoms with van der Waals surface area (Å²) in [6, 6.07) is 4.35. The van der Waals surface area contributed by atoms with Crippen LogP contribution in [0.15, 0.2) is 27.8 Å². The van der Waals surface area contributed by atoms with Crippen molar-refractivity contribution in [1.29, 1.82) is 0 Å². The van der Waals surface area contributed by atoms with Gasteiger partial charge < -0.3 is 19.4 Å². The van der Waals surface area contributed by atoms with Gasteiger partial charge in [-0.3, -0.25) is 4.99 Å². The molecule has 3 heterocycles. The molecule has 1 N–H and O–H groups in total. The molecular weight excluding hydrogens is 302 g/mol. The van der Waals surface area contributed by atoms with Crippen molar-refractivity contribution in [3.63, 3.8) is 0 Å². The van der Waals surface area contributed by atoms with Gasteiger partial charge in [-0.1, -0.05) is 0 Å². The molecule has 2 aliphatic rings. The van der Waals surface area contributed by atoms with Gasteiger partial charge in [-0.2, -0.15) is 0 Å². The van der Waals surface area contributed by atoms with E-state index in [2.05, 4.69) is 24.1 Å². The van der Waals surface area contributed by atoms with Crippen molar-refractivity contribution in [3.05, 3.63) is 24.2 Å². The van der Waals surface area contributed by atoms with E-state index < -0.39 is 0 Å². The quantitative estimate of drug-likeness (QED) is 0.665. The number of ether oxygens (including phenoxy) is 1. The summed E-state index contributed by atoms with van der Waals surface area (Å²) in [5.74, 6) is 3.68. The zero-order valence-electron chi connectivity index (χ0n) is 15.0. The summed E-state index contributed by atoms with van der Waals surface area (Å²) in [6.45, 7) is 9.24. The molecule has 5 heteroatoms. The van der Waals surface area contributed by atoms with Gasteiger partial charge in [0.2, 0.25) is 0 Å². The third kappa shape index (κ3) is 4.76. The van der Waals surface area contributed by atoms with Crippen LogP contribution in [-0.4, -0.2) is 49.7 Å². The average Bonchev–Trinajstić information content (AvgIpc) is 3.26. The first-order chi connectivity index (χ1) is 11.7. The fourth-order valence-corrected chi connectivity index (χ4v) is 3.77. The number of aliphatic imine (C=N–C) groups is 1. The second-order valence-electron chi connectivity index (χ2n) is 7.28. The Balaban J connectivity index is 1.56. The average molecular weight is 333 g/mol. The van der Waals surface area contributed by atoms with Crippen LogP contribution in [0.2, 0.25) is 0 Å². The minimum absolute atomic E-state index is 0.398.